The quantitative estimate of drug-likeness (QED) is 0.391. The van der Waals surface area contributed by atoms with Gasteiger partial charge in [0.05, 0.1) is 12.6 Å². The maximum absolute atomic E-state index is 8.09. The van der Waals surface area contributed by atoms with E-state index in [-0.39, 0.29) is 5.70 Å². The lowest BCUT2D eigenvalue weighted by Gasteiger charge is -1.81. The highest BCUT2D eigenvalue weighted by molar-refractivity contribution is 5.25. The summed E-state index contributed by atoms with van der Waals surface area (Å²) in [5, 5.41) is 10.7. The third kappa shape index (κ3) is 1.84. The zero-order valence-corrected chi connectivity index (χ0v) is 4.47. The lowest BCUT2D eigenvalue weighted by atomic mass is 10.5. The van der Waals surface area contributed by atoms with Gasteiger partial charge in [-0.3, -0.25) is 0 Å². The number of nitriles is 1. The lowest BCUT2D eigenvalue weighted by Crippen LogP contribution is -1.92. The van der Waals surface area contributed by atoms with Gasteiger partial charge in [0.15, 0.2) is 0 Å². The average molecular weight is 107 g/mol. The predicted molar refractivity (Wildman–Crippen MR) is 29.4 cm³/mol. The molecule has 0 aromatic carbocycles. The van der Waals surface area contributed by atoms with Gasteiger partial charge >= 0.3 is 0 Å². The standard InChI is InChI=1S/C5H5N3/c1-7-4-5(3-6)8-2/h4,7H,1H3/b5-4+. The molecule has 0 radical (unpaired) electrons. The lowest BCUT2D eigenvalue weighted by molar-refractivity contribution is 1.09. The van der Waals surface area contributed by atoms with E-state index in [1.54, 1.807) is 13.1 Å². The molecular weight excluding hydrogens is 102 g/mol. The van der Waals surface area contributed by atoms with E-state index >= 15 is 0 Å². The van der Waals surface area contributed by atoms with Crippen molar-refractivity contribution >= 4 is 0 Å². The Morgan fingerprint density at radius 1 is 2.00 bits per heavy atom. The Morgan fingerprint density at radius 3 is 2.75 bits per heavy atom. The second kappa shape index (κ2) is 3.70. The Balaban J connectivity index is 3.99. The van der Waals surface area contributed by atoms with E-state index < -0.39 is 0 Å². The number of hydrogen-bond acceptors (Lipinski definition) is 2. The first-order valence-corrected chi connectivity index (χ1v) is 2.00. The summed E-state index contributed by atoms with van der Waals surface area (Å²) in [6.07, 6.45) is 1.35. The molecule has 3 heteroatoms. The van der Waals surface area contributed by atoms with Crippen molar-refractivity contribution in [2.45, 2.75) is 0 Å². The molecule has 8 heavy (non-hydrogen) atoms. The molecule has 0 aliphatic carbocycles. The number of nitrogens with one attached hydrogen (secondary N) is 1. The van der Waals surface area contributed by atoms with E-state index in [9.17, 15) is 0 Å². The fourth-order valence-corrected chi connectivity index (χ4v) is 0.226. The fourth-order valence-electron chi connectivity index (χ4n) is 0.226. The van der Waals surface area contributed by atoms with Crippen molar-refractivity contribution in [3.63, 3.8) is 0 Å². The minimum atomic E-state index is 0.0764. The molecule has 0 fully saturated rings. The molecule has 0 spiro atoms. The summed E-state index contributed by atoms with van der Waals surface area (Å²) in [5.74, 6) is 0. The molecule has 0 rings (SSSR count). The number of hydrogen-bond donors (Lipinski definition) is 1. The Kier molecular flexibility index (Phi) is 3.02. The Labute approximate surface area is 48.1 Å². The molecule has 0 aromatic rings. The van der Waals surface area contributed by atoms with Crippen molar-refractivity contribution in [1.82, 2.24) is 5.32 Å². The molecule has 0 amide bonds. The van der Waals surface area contributed by atoms with E-state index in [1.165, 1.54) is 6.20 Å². The van der Waals surface area contributed by atoms with Crippen LogP contribution in [0.2, 0.25) is 0 Å². The van der Waals surface area contributed by atoms with E-state index in [0.717, 1.165) is 0 Å². The van der Waals surface area contributed by atoms with Gasteiger partial charge in [0.1, 0.15) is 0 Å². The Morgan fingerprint density at radius 2 is 2.62 bits per heavy atom. The number of rotatable bonds is 1. The zero-order chi connectivity index (χ0) is 6.41. The van der Waals surface area contributed by atoms with Crippen LogP contribution in [-0.4, -0.2) is 7.05 Å². The van der Waals surface area contributed by atoms with Crippen LogP contribution in [0.3, 0.4) is 0 Å². The zero-order valence-electron chi connectivity index (χ0n) is 4.47. The van der Waals surface area contributed by atoms with Gasteiger partial charge in [-0.25, -0.2) is 10.1 Å². The van der Waals surface area contributed by atoms with Gasteiger partial charge in [-0.2, -0.15) is 0 Å². The molecule has 0 unspecified atom stereocenters. The normalized spacial score (nSPS) is 9.12. The first-order valence-electron chi connectivity index (χ1n) is 2.00. The monoisotopic (exact) mass is 107 g/mol. The second-order valence-corrected chi connectivity index (χ2v) is 1.04. The van der Waals surface area contributed by atoms with Gasteiger partial charge in [0, 0.05) is 13.2 Å². The predicted octanol–water partition coefficient (Wildman–Crippen LogP) is 0.490. The van der Waals surface area contributed by atoms with Gasteiger partial charge in [0.25, 0.3) is 5.70 Å². The van der Waals surface area contributed by atoms with Crippen LogP contribution in [0.15, 0.2) is 11.9 Å². The van der Waals surface area contributed by atoms with Crippen molar-refractivity contribution in [3.8, 4) is 6.07 Å². The third-order valence-corrected chi connectivity index (χ3v) is 0.516. The van der Waals surface area contributed by atoms with Crippen LogP contribution in [0.25, 0.3) is 4.85 Å². The van der Waals surface area contributed by atoms with Crippen molar-refractivity contribution in [2.75, 3.05) is 7.05 Å². The topological polar surface area (TPSA) is 40.2 Å². The van der Waals surface area contributed by atoms with Crippen LogP contribution < -0.4 is 5.32 Å². The van der Waals surface area contributed by atoms with Gasteiger partial charge in [-0.15, -0.1) is 0 Å². The molecule has 0 saturated carbocycles. The molecule has 0 saturated heterocycles. The van der Waals surface area contributed by atoms with Crippen molar-refractivity contribution in [2.24, 2.45) is 0 Å². The van der Waals surface area contributed by atoms with Crippen LogP contribution in [0, 0.1) is 17.9 Å². The molecular formula is C5H5N3. The maximum Gasteiger partial charge on any atom is 0.276 e. The molecule has 1 N–H and O–H groups in total. The molecule has 0 aromatic heterocycles. The van der Waals surface area contributed by atoms with Crippen molar-refractivity contribution in [1.29, 1.82) is 5.26 Å². The summed E-state index contributed by atoms with van der Waals surface area (Å²) in [4.78, 5) is 2.88. The van der Waals surface area contributed by atoms with E-state index in [1.807, 2.05) is 0 Å². The molecule has 40 valence electrons. The highest BCUT2D eigenvalue weighted by Gasteiger charge is 1.84. The summed E-state index contributed by atoms with van der Waals surface area (Å²) in [5.41, 5.74) is 0.0764. The summed E-state index contributed by atoms with van der Waals surface area (Å²) in [7, 11) is 1.64. The van der Waals surface area contributed by atoms with Crippen LogP contribution in [-0.2, 0) is 0 Å². The highest BCUT2D eigenvalue weighted by Crippen LogP contribution is 1.87. The van der Waals surface area contributed by atoms with Crippen LogP contribution in [0.4, 0.5) is 0 Å². The van der Waals surface area contributed by atoms with Gasteiger partial charge < -0.3 is 5.32 Å². The third-order valence-electron chi connectivity index (χ3n) is 0.516. The van der Waals surface area contributed by atoms with Gasteiger partial charge in [0.2, 0.25) is 0 Å². The molecule has 0 aliphatic heterocycles. The number of nitrogens with zero attached hydrogens (tertiary/aromatic N) is 2. The minimum absolute atomic E-state index is 0.0764. The fraction of sp³-hybridized carbons (Fsp3) is 0.200. The Hall–Kier alpha value is -1.48. The Bertz CT molecular complexity index is 151. The average Bonchev–Trinajstić information content (AvgIpc) is 1.83. The molecule has 0 bridgehead atoms. The highest BCUT2D eigenvalue weighted by atomic mass is 14.8. The molecule has 0 heterocycles. The molecule has 3 nitrogen and oxygen atoms in total. The summed E-state index contributed by atoms with van der Waals surface area (Å²) >= 11 is 0. The van der Waals surface area contributed by atoms with Gasteiger partial charge in [-0.1, -0.05) is 0 Å². The number of allylic oxidation sites excluding steroid dienone is 1. The minimum Gasteiger partial charge on any atom is -0.402 e. The van der Waals surface area contributed by atoms with Crippen LogP contribution in [0.5, 0.6) is 0 Å². The van der Waals surface area contributed by atoms with Crippen molar-refractivity contribution < 1.29 is 0 Å². The van der Waals surface area contributed by atoms with E-state index in [0.29, 0.717) is 0 Å². The summed E-state index contributed by atoms with van der Waals surface area (Å²) in [6.45, 7) is 6.36. The van der Waals surface area contributed by atoms with Crippen LogP contribution in [0.1, 0.15) is 0 Å². The first-order chi connectivity index (χ1) is 3.85. The SMILES string of the molecule is [C-]#[N+]/C(C#N)=C/NC. The summed E-state index contributed by atoms with van der Waals surface area (Å²) < 4.78 is 0. The summed E-state index contributed by atoms with van der Waals surface area (Å²) in [6, 6.07) is 1.70. The smallest absolute Gasteiger partial charge is 0.276 e. The van der Waals surface area contributed by atoms with Gasteiger partial charge in [-0.05, 0) is 0 Å². The molecule has 0 aliphatic rings. The van der Waals surface area contributed by atoms with Crippen LogP contribution >= 0.6 is 0 Å². The van der Waals surface area contributed by atoms with E-state index in [2.05, 4.69) is 10.2 Å². The van der Waals surface area contributed by atoms with E-state index in [4.69, 9.17) is 11.8 Å². The second-order valence-electron chi connectivity index (χ2n) is 1.04. The maximum atomic E-state index is 8.09. The largest absolute Gasteiger partial charge is 0.402 e. The molecule has 0 atom stereocenters. The van der Waals surface area contributed by atoms with Crippen molar-refractivity contribution in [3.05, 3.63) is 23.3 Å². The first kappa shape index (κ1) is 6.52.